The van der Waals surface area contributed by atoms with Gasteiger partial charge in [-0.1, -0.05) is 41.9 Å². The number of benzene rings is 2. The Bertz CT molecular complexity index is 770. The zero-order valence-corrected chi connectivity index (χ0v) is 12.7. The van der Waals surface area contributed by atoms with Crippen molar-refractivity contribution in [1.82, 2.24) is 4.98 Å². The number of carbonyl (C=O) groups excluding carboxylic acids is 1. The minimum Gasteiger partial charge on any atom is -0.325 e. The number of amides is 1. The summed E-state index contributed by atoms with van der Waals surface area (Å²) in [4.78, 5) is 16.3. The molecule has 0 spiro atoms. The van der Waals surface area contributed by atoms with Crippen molar-refractivity contribution in [2.75, 3.05) is 5.32 Å². The summed E-state index contributed by atoms with van der Waals surface area (Å²) in [5.74, 6) is -0.00382. The number of nitrogens with zero attached hydrogens (tertiary/aromatic N) is 1. The topological polar surface area (TPSA) is 42.0 Å². The van der Waals surface area contributed by atoms with E-state index in [1.54, 1.807) is 11.6 Å². The molecule has 0 saturated heterocycles. The van der Waals surface area contributed by atoms with Crippen LogP contribution in [0.3, 0.4) is 0 Å². The van der Waals surface area contributed by atoms with Crippen LogP contribution in [0.15, 0.2) is 48.0 Å². The van der Waals surface area contributed by atoms with Crippen LogP contribution < -0.4 is 5.32 Å². The predicted octanol–water partition coefficient (Wildman–Crippen LogP) is 4.52. The Hall–Kier alpha value is -1.91. The van der Waals surface area contributed by atoms with Gasteiger partial charge in [0.2, 0.25) is 5.91 Å². The molecule has 1 aromatic heterocycles. The van der Waals surface area contributed by atoms with Gasteiger partial charge in [0.05, 0.1) is 20.9 Å². The Kier molecular flexibility index (Phi) is 4.18. The zero-order chi connectivity index (χ0) is 14.7. The quantitative estimate of drug-likeness (QED) is 0.769. The Balaban J connectivity index is 1.69. The molecule has 3 nitrogen and oxygen atoms in total. The zero-order valence-electron chi connectivity index (χ0n) is 11.2. The van der Waals surface area contributed by atoms with Gasteiger partial charge in [-0.2, -0.15) is 0 Å². The van der Waals surface area contributed by atoms with Gasteiger partial charge in [0.25, 0.3) is 0 Å². The predicted molar refractivity (Wildman–Crippen MR) is 88.0 cm³/mol. The second kappa shape index (κ2) is 6.24. The summed E-state index contributed by atoms with van der Waals surface area (Å²) in [5.41, 5.74) is 4.40. The second-order valence-electron chi connectivity index (χ2n) is 4.66. The summed E-state index contributed by atoms with van der Waals surface area (Å²) in [6.07, 6.45) is 1.18. The molecular weight excluding hydrogens is 304 g/mol. The standard InChI is InChI=1S/C16H13ClN2OS/c17-12-7-8-13(16-15(12)18-10-21-16)19-14(20)9-6-11-4-2-1-3-5-11/h1-5,7-8,10H,6,9H2,(H,19,20). The van der Waals surface area contributed by atoms with E-state index < -0.39 is 0 Å². The second-order valence-corrected chi connectivity index (χ2v) is 5.92. The van der Waals surface area contributed by atoms with Crippen molar-refractivity contribution in [2.45, 2.75) is 12.8 Å². The van der Waals surface area contributed by atoms with Gasteiger partial charge >= 0.3 is 0 Å². The maximum absolute atomic E-state index is 12.1. The molecule has 0 aliphatic heterocycles. The molecule has 0 aliphatic rings. The fourth-order valence-electron chi connectivity index (χ4n) is 2.13. The van der Waals surface area contributed by atoms with Crippen molar-refractivity contribution in [1.29, 1.82) is 0 Å². The Morgan fingerprint density at radius 3 is 2.81 bits per heavy atom. The molecule has 106 valence electrons. The minimum atomic E-state index is -0.00382. The third-order valence-corrected chi connectivity index (χ3v) is 4.36. The van der Waals surface area contributed by atoms with E-state index in [1.807, 2.05) is 36.4 Å². The number of halogens is 1. The van der Waals surface area contributed by atoms with E-state index in [1.165, 1.54) is 11.3 Å². The van der Waals surface area contributed by atoms with Gasteiger partial charge in [-0.05, 0) is 24.1 Å². The largest absolute Gasteiger partial charge is 0.325 e. The lowest BCUT2D eigenvalue weighted by molar-refractivity contribution is -0.116. The van der Waals surface area contributed by atoms with Crippen molar-refractivity contribution < 1.29 is 4.79 Å². The summed E-state index contributed by atoms with van der Waals surface area (Å²) >= 11 is 7.55. The van der Waals surface area contributed by atoms with Gasteiger partial charge in [-0.3, -0.25) is 4.79 Å². The number of aryl methyl sites for hydroxylation is 1. The Morgan fingerprint density at radius 2 is 2.00 bits per heavy atom. The van der Waals surface area contributed by atoms with Crippen LogP contribution in [0.5, 0.6) is 0 Å². The van der Waals surface area contributed by atoms with Crippen LogP contribution in [-0.4, -0.2) is 10.9 Å². The molecule has 0 unspecified atom stereocenters. The van der Waals surface area contributed by atoms with Gasteiger partial charge in [-0.15, -0.1) is 11.3 Å². The lowest BCUT2D eigenvalue weighted by Crippen LogP contribution is -2.12. The number of carbonyl (C=O) groups is 1. The molecule has 3 aromatic rings. The first-order valence-electron chi connectivity index (χ1n) is 6.59. The highest BCUT2D eigenvalue weighted by Crippen LogP contribution is 2.32. The molecule has 0 radical (unpaired) electrons. The number of anilines is 1. The first-order chi connectivity index (χ1) is 10.2. The van der Waals surface area contributed by atoms with Crippen LogP contribution in [-0.2, 0) is 11.2 Å². The van der Waals surface area contributed by atoms with Gasteiger partial charge in [-0.25, -0.2) is 4.98 Å². The number of hydrogen-bond acceptors (Lipinski definition) is 3. The fraction of sp³-hybridized carbons (Fsp3) is 0.125. The van der Waals surface area contributed by atoms with E-state index in [-0.39, 0.29) is 5.91 Å². The monoisotopic (exact) mass is 316 g/mol. The molecule has 1 N–H and O–H groups in total. The molecule has 0 saturated carbocycles. The number of aromatic nitrogens is 1. The van der Waals surface area contributed by atoms with Gasteiger partial charge in [0.15, 0.2) is 0 Å². The van der Waals surface area contributed by atoms with Crippen molar-refractivity contribution >= 4 is 44.7 Å². The first kappa shape index (κ1) is 14.0. The van der Waals surface area contributed by atoms with Crippen molar-refractivity contribution in [2.24, 2.45) is 0 Å². The maximum atomic E-state index is 12.1. The third kappa shape index (κ3) is 3.23. The molecule has 3 rings (SSSR count). The van der Waals surface area contributed by atoms with Crippen LogP contribution >= 0.6 is 22.9 Å². The summed E-state index contributed by atoms with van der Waals surface area (Å²) in [6, 6.07) is 13.6. The number of thiazole rings is 1. The average Bonchev–Trinajstić information content (AvgIpc) is 3.00. The molecule has 0 bridgehead atoms. The van der Waals surface area contributed by atoms with E-state index in [9.17, 15) is 4.79 Å². The van der Waals surface area contributed by atoms with Gasteiger partial charge in [0, 0.05) is 6.42 Å². The average molecular weight is 317 g/mol. The number of hydrogen-bond donors (Lipinski definition) is 1. The summed E-state index contributed by atoms with van der Waals surface area (Å²) in [7, 11) is 0. The minimum absolute atomic E-state index is 0.00382. The third-order valence-electron chi connectivity index (χ3n) is 3.19. The smallest absolute Gasteiger partial charge is 0.224 e. The molecule has 5 heteroatoms. The van der Waals surface area contributed by atoms with Crippen LogP contribution in [0, 0.1) is 0 Å². The van der Waals surface area contributed by atoms with E-state index in [0.717, 1.165) is 27.9 Å². The highest BCUT2D eigenvalue weighted by atomic mass is 35.5. The molecule has 0 aliphatic carbocycles. The number of fused-ring (bicyclic) bond motifs is 1. The van der Waals surface area contributed by atoms with Crippen LogP contribution in [0.25, 0.3) is 10.2 Å². The summed E-state index contributed by atoms with van der Waals surface area (Å²) < 4.78 is 0.913. The summed E-state index contributed by atoms with van der Waals surface area (Å²) in [6.45, 7) is 0. The number of nitrogens with one attached hydrogen (secondary N) is 1. The highest BCUT2D eigenvalue weighted by Gasteiger charge is 2.10. The van der Waals surface area contributed by atoms with Crippen LogP contribution in [0.1, 0.15) is 12.0 Å². The van der Waals surface area contributed by atoms with E-state index in [4.69, 9.17) is 11.6 Å². The Morgan fingerprint density at radius 1 is 1.19 bits per heavy atom. The van der Waals surface area contributed by atoms with Gasteiger partial charge in [0.1, 0.15) is 5.52 Å². The highest BCUT2D eigenvalue weighted by molar-refractivity contribution is 7.17. The van der Waals surface area contributed by atoms with Crippen molar-refractivity contribution in [3.63, 3.8) is 0 Å². The van der Waals surface area contributed by atoms with E-state index in [2.05, 4.69) is 10.3 Å². The van der Waals surface area contributed by atoms with E-state index in [0.29, 0.717) is 11.4 Å². The van der Waals surface area contributed by atoms with Gasteiger partial charge < -0.3 is 5.32 Å². The molecule has 2 aromatic carbocycles. The number of rotatable bonds is 4. The maximum Gasteiger partial charge on any atom is 0.224 e. The van der Waals surface area contributed by atoms with Crippen LogP contribution in [0.4, 0.5) is 5.69 Å². The van der Waals surface area contributed by atoms with Crippen LogP contribution in [0.2, 0.25) is 5.02 Å². The normalized spacial score (nSPS) is 10.7. The molecule has 0 fully saturated rings. The lowest BCUT2D eigenvalue weighted by atomic mass is 10.1. The molecule has 1 amide bonds. The molecule has 21 heavy (non-hydrogen) atoms. The summed E-state index contributed by atoms with van der Waals surface area (Å²) in [5, 5.41) is 3.55. The molecule has 1 heterocycles. The SMILES string of the molecule is O=C(CCc1ccccc1)Nc1ccc(Cl)c2ncsc12. The molecule has 0 atom stereocenters. The molecular formula is C16H13ClN2OS. The lowest BCUT2D eigenvalue weighted by Gasteiger charge is -2.07. The van der Waals surface area contributed by atoms with Crippen molar-refractivity contribution in [3.05, 3.63) is 58.6 Å². The first-order valence-corrected chi connectivity index (χ1v) is 7.85. The Labute approximate surface area is 131 Å². The fourth-order valence-corrected chi connectivity index (χ4v) is 3.18. The van der Waals surface area contributed by atoms with Crippen molar-refractivity contribution in [3.8, 4) is 0 Å². The van der Waals surface area contributed by atoms with E-state index >= 15 is 0 Å².